The topological polar surface area (TPSA) is 29.5 Å². The molecule has 0 saturated carbocycles. The predicted octanol–water partition coefficient (Wildman–Crippen LogP) is 6.48. The quantitative estimate of drug-likeness (QED) is 0.451. The largest absolute Gasteiger partial charge is 0.497 e. The lowest BCUT2D eigenvalue weighted by atomic mass is 10.1. The van der Waals surface area contributed by atoms with Crippen LogP contribution in [-0.2, 0) is 4.79 Å². The number of aryl methyl sites for hydroxylation is 1. The zero-order chi connectivity index (χ0) is 20.4. The van der Waals surface area contributed by atoms with Gasteiger partial charge < -0.3 is 4.74 Å². The average Bonchev–Trinajstić information content (AvgIpc) is 3.06. The normalized spacial score (nSPS) is 17.8. The molecule has 4 rings (SSSR count). The second kappa shape index (κ2) is 8.36. The van der Waals surface area contributed by atoms with Gasteiger partial charge in [0.25, 0.3) is 5.91 Å². The third-order valence-electron chi connectivity index (χ3n) is 4.78. The lowest BCUT2D eigenvalue weighted by Gasteiger charge is -2.24. The Morgan fingerprint density at radius 2 is 1.62 bits per heavy atom. The predicted molar refractivity (Wildman–Crippen MR) is 121 cm³/mol. The van der Waals surface area contributed by atoms with Gasteiger partial charge in [0, 0.05) is 10.7 Å². The molecule has 1 fully saturated rings. The van der Waals surface area contributed by atoms with Gasteiger partial charge in [-0.25, -0.2) is 0 Å². The molecule has 0 unspecified atom stereocenters. The summed E-state index contributed by atoms with van der Waals surface area (Å²) in [6.45, 7) is 2.06. The number of benzene rings is 3. The van der Waals surface area contributed by atoms with E-state index in [-0.39, 0.29) is 11.3 Å². The first-order chi connectivity index (χ1) is 14.0. The van der Waals surface area contributed by atoms with E-state index in [1.807, 2.05) is 59.5 Å². The highest BCUT2D eigenvalue weighted by atomic mass is 35.5. The van der Waals surface area contributed by atoms with E-state index >= 15 is 0 Å². The minimum absolute atomic E-state index is 0.0132. The zero-order valence-corrected chi connectivity index (χ0v) is 17.7. The Hall–Kier alpha value is -2.69. The monoisotopic (exact) mass is 421 g/mol. The van der Waals surface area contributed by atoms with Crippen molar-refractivity contribution in [3.63, 3.8) is 0 Å². The number of thioether (sulfide) groups is 1. The number of methoxy groups -OCH3 is 1. The highest BCUT2D eigenvalue weighted by Crippen LogP contribution is 2.48. The minimum Gasteiger partial charge on any atom is -0.497 e. The maximum absolute atomic E-state index is 13.4. The lowest BCUT2D eigenvalue weighted by molar-refractivity contribution is -0.114. The fraction of sp³-hybridized carbons (Fsp3) is 0.125. The molecule has 29 heavy (non-hydrogen) atoms. The van der Waals surface area contributed by atoms with Gasteiger partial charge >= 0.3 is 0 Å². The van der Waals surface area contributed by atoms with Gasteiger partial charge in [-0.15, -0.1) is 0 Å². The molecule has 1 heterocycles. The number of rotatable bonds is 4. The molecule has 0 N–H and O–H groups in total. The van der Waals surface area contributed by atoms with Crippen molar-refractivity contribution in [3.05, 3.63) is 99.4 Å². The second-order valence-electron chi connectivity index (χ2n) is 6.81. The Morgan fingerprint density at radius 3 is 2.24 bits per heavy atom. The molecule has 1 atom stereocenters. The third kappa shape index (κ3) is 4.19. The molecule has 1 aliphatic heterocycles. The first-order valence-electron chi connectivity index (χ1n) is 9.23. The molecular formula is C24H20ClNO2S. The van der Waals surface area contributed by atoms with Gasteiger partial charge in [-0.3, -0.25) is 9.69 Å². The van der Waals surface area contributed by atoms with Crippen molar-refractivity contribution in [1.29, 1.82) is 0 Å². The SMILES string of the molecule is COc1ccc(N2C(=O)/C(=C\c3ccc(Cl)cc3)S[C@@H]2c2ccc(C)cc2)cc1. The van der Waals surface area contributed by atoms with E-state index in [1.165, 1.54) is 5.56 Å². The molecule has 0 aromatic heterocycles. The molecule has 1 aliphatic rings. The smallest absolute Gasteiger partial charge is 0.266 e. The van der Waals surface area contributed by atoms with E-state index in [0.717, 1.165) is 22.6 Å². The molecule has 0 aliphatic carbocycles. The van der Waals surface area contributed by atoms with E-state index in [2.05, 4.69) is 31.2 Å². The van der Waals surface area contributed by atoms with Crippen LogP contribution >= 0.6 is 23.4 Å². The van der Waals surface area contributed by atoms with Gasteiger partial charge in [0.1, 0.15) is 11.1 Å². The summed E-state index contributed by atoms with van der Waals surface area (Å²) in [4.78, 5) is 15.9. The average molecular weight is 422 g/mol. The Morgan fingerprint density at radius 1 is 0.966 bits per heavy atom. The van der Waals surface area contributed by atoms with E-state index in [9.17, 15) is 4.79 Å². The van der Waals surface area contributed by atoms with Crippen molar-refractivity contribution in [3.8, 4) is 5.75 Å². The molecule has 3 nitrogen and oxygen atoms in total. The summed E-state index contributed by atoms with van der Waals surface area (Å²) >= 11 is 7.55. The number of hydrogen-bond donors (Lipinski definition) is 0. The van der Waals surface area contributed by atoms with Crippen molar-refractivity contribution in [2.45, 2.75) is 12.3 Å². The number of halogens is 1. The summed E-state index contributed by atoms with van der Waals surface area (Å²) in [6.07, 6.45) is 1.92. The number of nitrogens with zero attached hydrogens (tertiary/aromatic N) is 1. The third-order valence-corrected chi connectivity index (χ3v) is 6.29. The molecule has 0 spiro atoms. The summed E-state index contributed by atoms with van der Waals surface area (Å²) in [7, 11) is 1.63. The highest BCUT2D eigenvalue weighted by Gasteiger charge is 2.38. The molecule has 1 saturated heterocycles. The fourth-order valence-electron chi connectivity index (χ4n) is 3.20. The van der Waals surface area contributed by atoms with Crippen LogP contribution in [0.3, 0.4) is 0 Å². The van der Waals surface area contributed by atoms with Crippen molar-refractivity contribution in [2.24, 2.45) is 0 Å². The summed E-state index contributed by atoms with van der Waals surface area (Å²) in [5, 5.41) is 0.546. The lowest BCUT2D eigenvalue weighted by Crippen LogP contribution is -2.27. The number of ether oxygens (including phenoxy) is 1. The van der Waals surface area contributed by atoms with Crippen LogP contribution in [0.25, 0.3) is 6.08 Å². The molecule has 1 amide bonds. The van der Waals surface area contributed by atoms with Crippen LogP contribution in [0.2, 0.25) is 5.02 Å². The van der Waals surface area contributed by atoms with E-state index in [4.69, 9.17) is 16.3 Å². The van der Waals surface area contributed by atoms with E-state index < -0.39 is 0 Å². The molecule has 146 valence electrons. The van der Waals surface area contributed by atoms with Gasteiger partial charge in [-0.2, -0.15) is 0 Å². The van der Waals surface area contributed by atoms with Crippen LogP contribution in [-0.4, -0.2) is 13.0 Å². The Kier molecular flexibility index (Phi) is 5.65. The number of carbonyl (C=O) groups is 1. The van der Waals surface area contributed by atoms with Crippen LogP contribution in [0.1, 0.15) is 22.1 Å². The number of amides is 1. The molecular weight excluding hydrogens is 402 g/mol. The van der Waals surface area contributed by atoms with Gasteiger partial charge in [0.15, 0.2) is 0 Å². The fourth-order valence-corrected chi connectivity index (χ4v) is 4.58. The molecule has 3 aromatic carbocycles. The number of anilines is 1. The van der Waals surface area contributed by atoms with Crippen LogP contribution in [0, 0.1) is 6.92 Å². The zero-order valence-electron chi connectivity index (χ0n) is 16.1. The highest BCUT2D eigenvalue weighted by molar-refractivity contribution is 8.05. The van der Waals surface area contributed by atoms with Crippen molar-refractivity contribution in [1.82, 2.24) is 0 Å². The van der Waals surface area contributed by atoms with Gasteiger partial charge in [-0.05, 0) is 60.5 Å². The van der Waals surface area contributed by atoms with Crippen molar-refractivity contribution in [2.75, 3.05) is 12.0 Å². The summed E-state index contributed by atoms with van der Waals surface area (Å²) in [6, 6.07) is 23.4. The maximum atomic E-state index is 13.4. The Bertz CT molecular complexity index is 1040. The first-order valence-corrected chi connectivity index (χ1v) is 10.5. The van der Waals surface area contributed by atoms with Crippen LogP contribution in [0.15, 0.2) is 77.7 Å². The van der Waals surface area contributed by atoms with Crippen LogP contribution < -0.4 is 9.64 Å². The summed E-state index contributed by atoms with van der Waals surface area (Å²) in [5.74, 6) is 0.748. The van der Waals surface area contributed by atoms with E-state index in [1.54, 1.807) is 18.9 Å². The summed E-state index contributed by atoms with van der Waals surface area (Å²) < 4.78 is 5.26. The van der Waals surface area contributed by atoms with Gasteiger partial charge in [-0.1, -0.05) is 65.3 Å². The second-order valence-corrected chi connectivity index (χ2v) is 8.37. The minimum atomic E-state index is -0.130. The molecule has 5 heteroatoms. The number of carbonyl (C=O) groups excluding carboxylic acids is 1. The van der Waals surface area contributed by atoms with Crippen LogP contribution in [0.4, 0.5) is 5.69 Å². The van der Waals surface area contributed by atoms with Crippen molar-refractivity contribution >= 4 is 41.0 Å². The van der Waals surface area contributed by atoms with Crippen LogP contribution in [0.5, 0.6) is 5.75 Å². The Labute approximate surface area is 180 Å². The molecule has 0 bridgehead atoms. The summed E-state index contributed by atoms with van der Waals surface area (Å²) in [5.41, 5.74) is 4.07. The standard InChI is InChI=1S/C24H20ClNO2S/c1-16-3-7-18(8-4-16)24-26(20-11-13-21(28-2)14-12-20)23(27)22(29-24)15-17-5-9-19(25)10-6-17/h3-15,24H,1-2H3/b22-15+/t24-/m1/s1. The van der Waals surface area contributed by atoms with Gasteiger partial charge in [0.05, 0.1) is 12.0 Å². The van der Waals surface area contributed by atoms with Crippen molar-refractivity contribution < 1.29 is 9.53 Å². The number of hydrogen-bond acceptors (Lipinski definition) is 3. The van der Waals surface area contributed by atoms with E-state index in [0.29, 0.717) is 9.93 Å². The maximum Gasteiger partial charge on any atom is 0.266 e. The van der Waals surface area contributed by atoms with Gasteiger partial charge in [0.2, 0.25) is 0 Å². The molecule has 3 aromatic rings. The first kappa shape index (κ1) is 19.6. The molecule has 0 radical (unpaired) electrons. The Balaban J connectivity index is 1.74.